The normalized spacial score (nSPS) is 23.9. The summed E-state index contributed by atoms with van der Waals surface area (Å²) in [6.07, 6.45) is 0.806. The lowest BCUT2D eigenvalue weighted by Gasteiger charge is -2.49. The predicted octanol–water partition coefficient (Wildman–Crippen LogP) is 2.78. The van der Waals surface area contributed by atoms with E-state index in [2.05, 4.69) is 4.90 Å². The van der Waals surface area contributed by atoms with Crippen molar-refractivity contribution in [1.82, 2.24) is 9.80 Å². The molecule has 1 spiro atoms. The Morgan fingerprint density at radius 1 is 1.24 bits per heavy atom. The highest BCUT2D eigenvalue weighted by Gasteiger charge is 2.45. The minimum absolute atomic E-state index is 0.193. The molecule has 8 heteroatoms. The molecule has 1 unspecified atom stereocenters. The van der Waals surface area contributed by atoms with Crippen LogP contribution in [0.1, 0.15) is 73.2 Å². The van der Waals surface area contributed by atoms with Gasteiger partial charge < -0.3 is 29.5 Å². The van der Waals surface area contributed by atoms with Crippen molar-refractivity contribution < 1.29 is 29.3 Å². The number of aliphatic hydroxyl groups excluding tert-OH is 2. The number of hydrogen-bond donors (Lipinski definition) is 2. The molecule has 2 fully saturated rings. The highest BCUT2D eigenvalue weighted by atomic mass is 16.6. The monoisotopic (exact) mass is 460 g/mol. The van der Waals surface area contributed by atoms with Crippen LogP contribution in [0.3, 0.4) is 0 Å². The van der Waals surface area contributed by atoms with Gasteiger partial charge in [-0.15, -0.1) is 0 Å². The van der Waals surface area contributed by atoms with Crippen molar-refractivity contribution in [2.24, 2.45) is 5.41 Å². The van der Waals surface area contributed by atoms with Crippen LogP contribution >= 0.6 is 0 Å². The largest absolute Gasteiger partial charge is 0.457 e. The number of amides is 1. The molecule has 0 saturated carbocycles. The van der Waals surface area contributed by atoms with E-state index < -0.39 is 17.8 Å². The van der Waals surface area contributed by atoms with Gasteiger partial charge in [0.15, 0.2) is 0 Å². The molecule has 33 heavy (non-hydrogen) atoms. The van der Waals surface area contributed by atoms with Crippen molar-refractivity contribution >= 4 is 12.1 Å². The number of piperidine rings is 2. The van der Waals surface area contributed by atoms with Crippen molar-refractivity contribution in [3.05, 3.63) is 34.4 Å². The SMILES string of the molecule is Cc1c([C@@H](O)CN2CCC3(CC2)CCN(C(=O)OC(C)(C)C)CC3O)ccc2c1COC2=O. The molecule has 4 rings (SSSR count). The number of β-amino-alcohol motifs (C(OH)–C–C–N with tert-alkyl or cyclic N) is 2. The quantitative estimate of drug-likeness (QED) is 0.669. The maximum absolute atomic E-state index is 12.4. The molecule has 0 bridgehead atoms. The van der Waals surface area contributed by atoms with E-state index in [-0.39, 0.29) is 24.1 Å². The van der Waals surface area contributed by atoms with E-state index in [0.29, 0.717) is 25.2 Å². The molecule has 2 atom stereocenters. The van der Waals surface area contributed by atoms with Gasteiger partial charge in [0.1, 0.15) is 12.2 Å². The number of benzene rings is 1. The van der Waals surface area contributed by atoms with Crippen molar-refractivity contribution in [1.29, 1.82) is 0 Å². The smallest absolute Gasteiger partial charge is 0.410 e. The molecule has 2 saturated heterocycles. The minimum atomic E-state index is -0.654. The molecule has 0 aliphatic carbocycles. The molecule has 0 aromatic heterocycles. The molecule has 182 valence electrons. The molecule has 3 heterocycles. The Hall–Kier alpha value is -2.16. The fourth-order valence-corrected chi connectivity index (χ4v) is 5.35. The summed E-state index contributed by atoms with van der Waals surface area (Å²) in [5.41, 5.74) is 2.47. The average molecular weight is 461 g/mol. The van der Waals surface area contributed by atoms with E-state index >= 15 is 0 Å². The summed E-state index contributed by atoms with van der Waals surface area (Å²) in [5, 5.41) is 21.9. The standard InChI is InChI=1S/C25H36N2O6/c1-16-17(5-6-18-19(16)15-32-22(18)30)20(28)13-26-10-7-25(8-11-26)9-12-27(14-21(25)29)23(31)33-24(2,3)4/h5-6,20-21,28-29H,7-15H2,1-4H3/t20-,21?/m0/s1. The first kappa shape index (κ1) is 24.0. The molecule has 8 nitrogen and oxygen atoms in total. The van der Waals surface area contributed by atoms with Crippen LogP contribution in [0.2, 0.25) is 0 Å². The second kappa shape index (κ2) is 8.89. The predicted molar refractivity (Wildman–Crippen MR) is 122 cm³/mol. The number of hydrogen-bond acceptors (Lipinski definition) is 7. The fourth-order valence-electron chi connectivity index (χ4n) is 5.35. The average Bonchev–Trinajstić information content (AvgIpc) is 3.12. The highest BCUT2D eigenvalue weighted by Crippen LogP contribution is 2.42. The summed E-state index contributed by atoms with van der Waals surface area (Å²) < 4.78 is 10.6. The van der Waals surface area contributed by atoms with Gasteiger partial charge in [0.05, 0.1) is 24.3 Å². The number of aliphatic hydroxyl groups is 2. The van der Waals surface area contributed by atoms with Gasteiger partial charge in [0.2, 0.25) is 0 Å². The summed E-state index contributed by atoms with van der Waals surface area (Å²) in [4.78, 5) is 28.0. The first-order chi connectivity index (χ1) is 15.5. The Morgan fingerprint density at radius 3 is 2.55 bits per heavy atom. The third-order valence-corrected chi connectivity index (χ3v) is 7.48. The van der Waals surface area contributed by atoms with Crippen molar-refractivity contribution in [3.8, 4) is 0 Å². The Bertz CT molecular complexity index is 916. The Kier molecular flexibility index (Phi) is 6.46. The van der Waals surface area contributed by atoms with Crippen molar-refractivity contribution in [2.75, 3.05) is 32.7 Å². The highest BCUT2D eigenvalue weighted by molar-refractivity contribution is 5.93. The third kappa shape index (κ3) is 4.88. The van der Waals surface area contributed by atoms with Gasteiger partial charge >= 0.3 is 12.1 Å². The first-order valence-electron chi connectivity index (χ1n) is 11.8. The van der Waals surface area contributed by atoms with E-state index in [0.717, 1.165) is 49.0 Å². The molecular formula is C25H36N2O6. The van der Waals surface area contributed by atoms with Gasteiger partial charge in [-0.2, -0.15) is 0 Å². The van der Waals surface area contributed by atoms with Crippen molar-refractivity contribution in [3.63, 3.8) is 0 Å². The Balaban J connectivity index is 1.32. The van der Waals surface area contributed by atoms with Crippen LogP contribution in [0.15, 0.2) is 12.1 Å². The number of cyclic esters (lactones) is 1. The number of carbonyl (C=O) groups excluding carboxylic acids is 2. The van der Waals surface area contributed by atoms with E-state index in [1.54, 1.807) is 11.0 Å². The van der Waals surface area contributed by atoms with Gasteiger partial charge in [-0.05, 0) is 77.2 Å². The molecule has 0 radical (unpaired) electrons. The zero-order chi connectivity index (χ0) is 24.0. The Morgan fingerprint density at radius 2 is 1.91 bits per heavy atom. The molecule has 2 N–H and O–H groups in total. The lowest BCUT2D eigenvalue weighted by molar-refractivity contribution is -0.0825. The van der Waals surface area contributed by atoms with Crippen LogP contribution in [-0.4, -0.2) is 76.5 Å². The number of carbonyl (C=O) groups is 2. The maximum atomic E-state index is 12.4. The van der Waals surface area contributed by atoms with E-state index in [1.807, 2.05) is 33.8 Å². The summed E-state index contributed by atoms with van der Waals surface area (Å²) in [6.45, 7) is 10.7. The van der Waals surface area contributed by atoms with Crippen LogP contribution in [0, 0.1) is 12.3 Å². The van der Waals surface area contributed by atoms with Crippen LogP contribution in [0.4, 0.5) is 4.79 Å². The summed E-state index contributed by atoms with van der Waals surface area (Å²) in [6, 6.07) is 3.57. The lowest BCUT2D eigenvalue weighted by atomic mass is 9.69. The van der Waals surface area contributed by atoms with Gasteiger partial charge in [-0.1, -0.05) is 6.07 Å². The van der Waals surface area contributed by atoms with Crippen LogP contribution < -0.4 is 0 Å². The number of nitrogens with zero attached hydrogens (tertiary/aromatic N) is 2. The number of fused-ring (bicyclic) bond motifs is 1. The van der Waals surface area contributed by atoms with Gasteiger partial charge in [-0.3, -0.25) is 0 Å². The lowest BCUT2D eigenvalue weighted by Crippen LogP contribution is -2.57. The van der Waals surface area contributed by atoms with Gasteiger partial charge in [0, 0.05) is 24.1 Å². The number of likely N-dealkylation sites (tertiary alicyclic amines) is 2. The Labute approximate surface area is 195 Å². The van der Waals surface area contributed by atoms with E-state index in [4.69, 9.17) is 9.47 Å². The van der Waals surface area contributed by atoms with Crippen LogP contribution in [0.25, 0.3) is 0 Å². The summed E-state index contributed by atoms with van der Waals surface area (Å²) in [7, 11) is 0. The topological polar surface area (TPSA) is 99.5 Å². The zero-order valence-corrected chi connectivity index (χ0v) is 20.1. The summed E-state index contributed by atoms with van der Waals surface area (Å²) >= 11 is 0. The van der Waals surface area contributed by atoms with Crippen LogP contribution in [0.5, 0.6) is 0 Å². The first-order valence-corrected chi connectivity index (χ1v) is 11.8. The van der Waals surface area contributed by atoms with Gasteiger partial charge in [0.25, 0.3) is 0 Å². The minimum Gasteiger partial charge on any atom is -0.457 e. The molecule has 1 aromatic carbocycles. The third-order valence-electron chi connectivity index (χ3n) is 7.48. The van der Waals surface area contributed by atoms with E-state index in [9.17, 15) is 19.8 Å². The number of ether oxygens (including phenoxy) is 2. The molecule has 3 aliphatic rings. The van der Waals surface area contributed by atoms with Crippen LogP contribution in [-0.2, 0) is 16.1 Å². The van der Waals surface area contributed by atoms with Gasteiger partial charge in [-0.25, -0.2) is 9.59 Å². The van der Waals surface area contributed by atoms with Crippen molar-refractivity contribution in [2.45, 2.75) is 71.4 Å². The zero-order valence-electron chi connectivity index (χ0n) is 20.1. The summed E-state index contributed by atoms with van der Waals surface area (Å²) in [5.74, 6) is -0.299. The molecular weight excluding hydrogens is 424 g/mol. The maximum Gasteiger partial charge on any atom is 0.410 e. The second-order valence-electron chi connectivity index (χ2n) is 10.8. The number of esters is 1. The number of rotatable bonds is 3. The second-order valence-corrected chi connectivity index (χ2v) is 10.8. The molecule has 1 aromatic rings. The fraction of sp³-hybridized carbons (Fsp3) is 0.680. The molecule has 3 aliphatic heterocycles. The van der Waals surface area contributed by atoms with E-state index in [1.165, 1.54) is 0 Å². The molecule has 1 amide bonds.